The fraction of sp³-hybridized carbons (Fsp3) is 0.278. The summed E-state index contributed by atoms with van der Waals surface area (Å²) in [6.45, 7) is 0.308. The van der Waals surface area contributed by atoms with Gasteiger partial charge in [0.1, 0.15) is 5.76 Å². The standard InChI is InChI=1S/C18H18ClNO4S/c19-15-4-1-3-14(11-15)12-20(16-8-10-25(22,23)13-16)18(21)7-6-17-5-2-9-24-17/h1-7,9,11,16H,8,10,12-13H2/b7-6+. The molecule has 0 aliphatic carbocycles. The number of sulfone groups is 1. The largest absolute Gasteiger partial charge is 0.465 e. The molecule has 0 saturated carbocycles. The molecule has 1 unspecified atom stereocenters. The Morgan fingerprint density at radius 2 is 2.16 bits per heavy atom. The lowest BCUT2D eigenvalue weighted by atomic mass is 10.1. The molecule has 1 aliphatic heterocycles. The number of carbonyl (C=O) groups excluding carboxylic acids is 1. The van der Waals surface area contributed by atoms with Gasteiger partial charge in [0.25, 0.3) is 0 Å². The molecule has 7 heteroatoms. The molecular weight excluding hydrogens is 362 g/mol. The third-order valence-electron chi connectivity index (χ3n) is 4.11. The normalized spacial score (nSPS) is 19.3. The zero-order chi connectivity index (χ0) is 17.9. The fourth-order valence-electron chi connectivity index (χ4n) is 2.88. The van der Waals surface area contributed by atoms with E-state index in [0.29, 0.717) is 23.7 Å². The summed E-state index contributed by atoms with van der Waals surface area (Å²) in [4.78, 5) is 14.3. The van der Waals surface area contributed by atoms with Crippen molar-refractivity contribution >= 4 is 33.4 Å². The van der Waals surface area contributed by atoms with E-state index in [1.165, 1.54) is 12.3 Å². The van der Waals surface area contributed by atoms with E-state index in [2.05, 4.69) is 0 Å². The monoisotopic (exact) mass is 379 g/mol. The first kappa shape index (κ1) is 17.8. The molecule has 0 bridgehead atoms. The maximum absolute atomic E-state index is 12.7. The molecule has 1 aromatic carbocycles. The predicted molar refractivity (Wildman–Crippen MR) is 96.8 cm³/mol. The van der Waals surface area contributed by atoms with Gasteiger partial charge >= 0.3 is 0 Å². The van der Waals surface area contributed by atoms with Gasteiger partial charge in [-0.2, -0.15) is 0 Å². The molecule has 1 aliphatic rings. The first-order chi connectivity index (χ1) is 11.9. The van der Waals surface area contributed by atoms with Crippen molar-refractivity contribution in [2.24, 2.45) is 0 Å². The maximum atomic E-state index is 12.7. The van der Waals surface area contributed by atoms with Crippen molar-refractivity contribution in [3.05, 3.63) is 65.1 Å². The van der Waals surface area contributed by atoms with Crippen LogP contribution in [0.3, 0.4) is 0 Å². The van der Waals surface area contributed by atoms with Crippen LogP contribution in [0, 0.1) is 0 Å². The molecule has 3 rings (SSSR count). The van der Waals surface area contributed by atoms with Crippen LogP contribution in [-0.4, -0.2) is 36.8 Å². The van der Waals surface area contributed by atoms with Crippen LogP contribution in [0.25, 0.3) is 6.08 Å². The smallest absolute Gasteiger partial charge is 0.247 e. The van der Waals surface area contributed by atoms with Crippen LogP contribution in [0.1, 0.15) is 17.7 Å². The minimum atomic E-state index is -3.10. The third kappa shape index (κ3) is 4.74. The Labute approximate surface area is 151 Å². The van der Waals surface area contributed by atoms with Gasteiger partial charge in [0.2, 0.25) is 5.91 Å². The summed E-state index contributed by atoms with van der Waals surface area (Å²) in [7, 11) is -3.10. The topological polar surface area (TPSA) is 67.6 Å². The number of hydrogen-bond acceptors (Lipinski definition) is 4. The van der Waals surface area contributed by atoms with E-state index in [9.17, 15) is 13.2 Å². The minimum absolute atomic E-state index is 0.00605. The Hall–Kier alpha value is -2.05. The maximum Gasteiger partial charge on any atom is 0.247 e. The molecule has 5 nitrogen and oxygen atoms in total. The first-order valence-corrected chi connectivity index (χ1v) is 10.1. The highest BCUT2D eigenvalue weighted by Crippen LogP contribution is 2.22. The summed E-state index contributed by atoms with van der Waals surface area (Å²) >= 11 is 6.02. The molecule has 1 saturated heterocycles. The highest BCUT2D eigenvalue weighted by atomic mass is 35.5. The lowest BCUT2D eigenvalue weighted by molar-refractivity contribution is -0.128. The van der Waals surface area contributed by atoms with Gasteiger partial charge in [0.05, 0.1) is 17.8 Å². The molecule has 0 spiro atoms. The second-order valence-electron chi connectivity index (χ2n) is 6.00. The molecule has 1 aromatic heterocycles. The molecule has 25 heavy (non-hydrogen) atoms. The first-order valence-electron chi connectivity index (χ1n) is 7.90. The second-order valence-corrected chi connectivity index (χ2v) is 8.67. The Morgan fingerprint density at radius 1 is 1.32 bits per heavy atom. The summed E-state index contributed by atoms with van der Waals surface area (Å²) < 4.78 is 28.8. The molecule has 0 N–H and O–H groups in total. The average Bonchev–Trinajstić information content (AvgIpc) is 3.19. The van der Waals surface area contributed by atoms with Crippen LogP contribution in [-0.2, 0) is 21.2 Å². The minimum Gasteiger partial charge on any atom is -0.465 e. The molecular formula is C18H18ClNO4S. The van der Waals surface area contributed by atoms with Crippen molar-refractivity contribution in [2.45, 2.75) is 19.0 Å². The highest BCUT2D eigenvalue weighted by Gasteiger charge is 2.34. The van der Waals surface area contributed by atoms with Crippen molar-refractivity contribution in [2.75, 3.05) is 11.5 Å². The van der Waals surface area contributed by atoms with Crippen molar-refractivity contribution in [1.29, 1.82) is 0 Å². The van der Waals surface area contributed by atoms with Crippen LogP contribution in [0.2, 0.25) is 5.02 Å². The molecule has 2 heterocycles. The van der Waals surface area contributed by atoms with Crippen molar-refractivity contribution in [3.8, 4) is 0 Å². The number of halogens is 1. The predicted octanol–water partition coefficient (Wildman–Crippen LogP) is 3.16. The second kappa shape index (κ2) is 7.45. The molecule has 132 valence electrons. The number of furan rings is 1. The highest BCUT2D eigenvalue weighted by molar-refractivity contribution is 7.91. The van der Waals surface area contributed by atoms with Crippen LogP contribution in [0.5, 0.6) is 0 Å². The lowest BCUT2D eigenvalue weighted by Gasteiger charge is -2.27. The average molecular weight is 380 g/mol. The van der Waals surface area contributed by atoms with Gasteiger partial charge in [-0.3, -0.25) is 4.79 Å². The number of hydrogen-bond donors (Lipinski definition) is 0. The van der Waals surface area contributed by atoms with Gasteiger partial charge < -0.3 is 9.32 Å². The number of amides is 1. The van der Waals surface area contributed by atoms with Gasteiger partial charge in [-0.25, -0.2) is 8.42 Å². The van der Waals surface area contributed by atoms with E-state index in [-0.39, 0.29) is 23.5 Å². The van der Waals surface area contributed by atoms with Crippen molar-refractivity contribution in [3.63, 3.8) is 0 Å². The van der Waals surface area contributed by atoms with Gasteiger partial charge in [0.15, 0.2) is 9.84 Å². The number of carbonyl (C=O) groups is 1. The zero-order valence-electron chi connectivity index (χ0n) is 13.5. The summed E-state index contributed by atoms with van der Waals surface area (Å²) in [5.74, 6) is 0.417. The van der Waals surface area contributed by atoms with Crippen LogP contribution in [0.15, 0.2) is 53.2 Å². The zero-order valence-corrected chi connectivity index (χ0v) is 15.0. The fourth-order valence-corrected chi connectivity index (χ4v) is 4.82. The van der Waals surface area contributed by atoms with Crippen LogP contribution in [0.4, 0.5) is 0 Å². The molecule has 1 atom stereocenters. The number of rotatable bonds is 5. The van der Waals surface area contributed by atoms with Crippen molar-refractivity contribution < 1.29 is 17.6 Å². The summed E-state index contributed by atoms with van der Waals surface area (Å²) in [6.07, 6.45) is 4.96. The lowest BCUT2D eigenvalue weighted by Crippen LogP contribution is -2.39. The van der Waals surface area contributed by atoms with Gasteiger partial charge in [-0.1, -0.05) is 23.7 Å². The van der Waals surface area contributed by atoms with Gasteiger partial charge in [0, 0.05) is 23.7 Å². The Kier molecular flexibility index (Phi) is 5.30. The number of benzene rings is 1. The van der Waals surface area contributed by atoms with E-state index in [1.807, 2.05) is 12.1 Å². The van der Waals surface area contributed by atoms with E-state index in [0.717, 1.165) is 5.56 Å². The quantitative estimate of drug-likeness (QED) is 0.748. The SMILES string of the molecule is O=C(/C=C/c1ccco1)N(Cc1cccc(Cl)c1)C1CCS(=O)(=O)C1. The number of nitrogens with zero attached hydrogens (tertiary/aromatic N) is 1. The van der Waals surface area contributed by atoms with E-state index < -0.39 is 9.84 Å². The van der Waals surface area contributed by atoms with Crippen LogP contribution >= 0.6 is 11.6 Å². The van der Waals surface area contributed by atoms with Gasteiger partial charge in [-0.15, -0.1) is 0 Å². The third-order valence-corrected chi connectivity index (χ3v) is 6.09. The van der Waals surface area contributed by atoms with E-state index >= 15 is 0 Å². The summed E-state index contributed by atoms with van der Waals surface area (Å²) in [5.41, 5.74) is 0.858. The Bertz CT molecular complexity index is 874. The molecule has 1 amide bonds. The summed E-state index contributed by atoms with van der Waals surface area (Å²) in [5, 5.41) is 0.579. The Balaban J connectivity index is 1.82. The molecule has 1 fully saturated rings. The van der Waals surface area contributed by atoms with Crippen molar-refractivity contribution in [1.82, 2.24) is 4.90 Å². The van der Waals surface area contributed by atoms with E-state index in [4.69, 9.17) is 16.0 Å². The Morgan fingerprint density at radius 3 is 2.80 bits per heavy atom. The van der Waals surface area contributed by atoms with E-state index in [1.54, 1.807) is 35.2 Å². The van der Waals surface area contributed by atoms with Gasteiger partial charge in [-0.05, 0) is 42.3 Å². The molecule has 0 radical (unpaired) electrons. The summed E-state index contributed by atoms with van der Waals surface area (Å²) in [6, 6.07) is 10.4. The van der Waals surface area contributed by atoms with Crippen LogP contribution < -0.4 is 0 Å². The molecule has 2 aromatic rings.